The molecule has 2 aromatic carbocycles. The van der Waals surface area contributed by atoms with Gasteiger partial charge in [0.2, 0.25) is 0 Å². The largest absolute Gasteiger partial charge is 0.492 e. The molecule has 2 aromatic rings. The monoisotopic (exact) mass is 454 g/mol. The van der Waals surface area contributed by atoms with Gasteiger partial charge in [-0.15, -0.1) is 0 Å². The number of carbonyl (C=O) groups excluding carboxylic acids is 2. The van der Waals surface area contributed by atoms with Crippen molar-refractivity contribution in [3.8, 4) is 23.0 Å². The molecular formula is C27H34O6. The third kappa shape index (κ3) is 5.86. The van der Waals surface area contributed by atoms with E-state index in [1.54, 1.807) is 12.1 Å². The highest BCUT2D eigenvalue weighted by Gasteiger charge is 2.30. The van der Waals surface area contributed by atoms with E-state index >= 15 is 0 Å². The molecule has 0 fully saturated rings. The molecule has 0 spiro atoms. The van der Waals surface area contributed by atoms with E-state index in [-0.39, 0.29) is 35.4 Å². The summed E-state index contributed by atoms with van der Waals surface area (Å²) in [6.45, 7) is 12.9. The Bertz CT molecular complexity index is 1020. The summed E-state index contributed by atoms with van der Waals surface area (Å²) < 4.78 is 23.8. The summed E-state index contributed by atoms with van der Waals surface area (Å²) in [5.74, 6) is 1.63. The van der Waals surface area contributed by atoms with Crippen molar-refractivity contribution < 1.29 is 28.5 Å². The Balaban J connectivity index is 2.08. The predicted molar refractivity (Wildman–Crippen MR) is 127 cm³/mol. The normalized spacial score (nSPS) is 12.9. The van der Waals surface area contributed by atoms with Gasteiger partial charge in [-0.2, -0.15) is 0 Å². The van der Waals surface area contributed by atoms with Gasteiger partial charge in [0.05, 0.1) is 18.8 Å². The predicted octanol–water partition coefficient (Wildman–Crippen LogP) is 6.51. The molecule has 33 heavy (non-hydrogen) atoms. The van der Waals surface area contributed by atoms with Crippen molar-refractivity contribution in [3.63, 3.8) is 0 Å². The number of cyclic esters (lactones) is 1. The zero-order valence-electron chi connectivity index (χ0n) is 20.4. The number of hydrogen-bond donors (Lipinski definition) is 0. The quantitative estimate of drug-likeness (QED) is 0.318. The second-order valence-electron chi connectivity index (χ2n) is 9.23. The minimum atomic E-state index is -0.581. The number of carbonyl (C=O) groups is 2. The second-order valence-corrected chi connectivity index (χ2v) is 9.23. The van der Waals surface area contributed by atoms with E-state index in [0.717, 1.165) is 17.5 Å². The summed E-state index contributed by atoms with van der Waals surface area (Å²) in [5, 5.41) is 0. The minimum absolute atomic E-state index is 0.0333. The molecule has 1 heterocycles. The molecule has 0 unspecified atom stereocenters. The Morgan fingerprint density at radius 3 is 2.52 bits per heavy atom. The molecule has 0 amide bonds. The maximum Gasteiger partial charge on any atom is 0.346 e. The van der Waals surface area contributed by atoms with Gasteiger partial charge in [0, 0.05) is 12.0 Å². The lowest BCUT2D eigenvalue weighted by Crippen LogP contribution is -2.16. The van der Waals surface area contributed by atoms with Gasteiger partial charge in [0.1, 0.15) is 23.7 Å². The van der Waals surface area contributed by atoms with Crippen molar-refractivity contribution >= 4 is 11.8 Å². The standard InChI is InChI=1S/C27H34O6/c1-7-30-26-20(21(28)12-17(4)5)8-9-22-24(26)27(29)32-15-19-13-18(6)14-23(25(19)33-22)31-11-10-16(2)3/h8-9,13-14,16-17H,7,10-12,15H2,1-6H3. The molecule has 3 rings (SSSR count). The molecule has 1 aliphatic heterocycles. The van der Waals surface area contributed by atoms with E-state index in [9.17, 15) is 9.59 Å². The van der Waals surface area contributed by atoms with E-state index in [1.165, 1.54) is 0 Å². The van der Waals surface area contributed by atoms with Crippen LogP contribution in [0.1, 0.15) is 79.3 Å². The Morgan fingerprint density at radius 2 is 1.85 bits per heavy atom. The van der Waals surface area contributed by atoms with Gasteiger partial charge in [-0.25, -0.2) is 4.79 Å². The first-order valence-electron chi connectivity index (χ1n) is 11.7. The number of rotatable bonds is 9. The number of Topliss-reactive ketones (excluding diaryl/α,β-unsaturated/α-hetero) is 1. The summed E-state index contributed by atoms with van der Waals surface area (Å²) in [4.78, 5) is 25.9. The van der Waals surface area contributed by atoms with Gasteiger partial charge in [-0.05, 0) is 61.9 Å². The summed E-state index contributed by atoms with van der Waals surface area (Å²) in [7, 11) is 0. The van der Waals surface area contributed by atoms with Crippen LogP contribution in [0.3, 0.4) is 0 Å². The van der Waals surface area contributed by atoms with Crippen LogP contribution in [0.5, 0.6) is 23.0 Å². The van der Waals surface area contributed by atoms with Crippen LogP contribution in [0.15, 0.2) is 24.3 Å². The van der Waals surface area contributed by atoms with Crippen LogP contribution in [0.4, 0.5) is 0 Å². The second kappa shape index (κ2) is 10.7. The van der Waals surface area contributed by atoms with Crippen LogP contribution in [0, 0.1) is 18.8 Å². The van der Waals surface area contributed by atoms with Gasteiger partial charge in [-0.1, -0.05) is 27.7 Å². The minimum Gasteiger partial charge on any atom is -0.492 e. The number of esters is 1. The first-order chi connectivity index (χ1) is 15.7. The summed E-state index contributed by atoms with van der Waals surface area (Å²) in [5.41, 5.74) is 2.21. The molecule has 0 radical (unpaired) electrons. The Labute approximate surface area is 196 Å². The van der Waals surface area contributed by atoms with E-state index in [1.807, 2.05) is 39.8 Å². The molecular weight excluding hydrogens is 420 g/mol. The van der Waals surface area contributed by atoms with Gasteiger partial charge >= 0.3 is 5.97 Å². The molecule has 0 bridgehead atoms. The Hall–Kier alpha value is -3.02. The number of hydrogen-bond acceptors (Lipinski definition) is 6. The van der Waals surface area contributed by atoms with E-state index in [2.05, 4.69) is 13.8 Å². The lowest BCUT2D eigenvalue weighted by molar-refractivity contribution is 0.0453. The van der Waals surface area contributed by atoms with Crippen LogP contribution in [0.2, 0.25) is 0 Å². The van der Waals surface area contributed by atoms with Crippen molar-refractivity contribution in [2.24, 2.45) is 11.8 Å². The first kappa shape index (κ1) is 24.6. The molecule has 178 valence electrons. The van der Waals surface area contributed by atoms with E-state index in [4.69, 9.17) is 18.9 Å². The van der Waals surface area contributed by atoms with Crippen molar-refractivity contribution in [1.82, 2.24) is 0 Å². The molecule has 0 aromatic heterocycles. The zero-order valence-corrected chi connectivity index (χ0v) is 20.4. The number of fused-ring (bicyclic) bond motifs is 2. The number of aryl methyl sites for hydroxylation is 1. The van der Waals surface area contributed by atoms with Gasteiger partial charge in [0.25, 0.3) is 0 Å². The van der Waals surface area contributed by atoms with Crippen LogP contribution in [0.25, 0.3) is 0 Å². The van der Waals surface area contributed by atoms with Crippen molar-refractivity contribution in [2.75, 3.05) is 13.2 Å². The SMILES string of the molecule is CCOc1c(C(=O)CC(C)C)ccc2c1C(=O)OCc1cc(C)cc(OCCC(C)C)c1O2. The maximum atomic E-state index is 13.1. The molecule has 1 aliphatic rings. The fourth-order valence-electron chi connectivity index (χ4n) is 3.71. The van der Waals surface area contributed by atoms with Crippen LogP contribution in [-0.4, -0.2) is 25.0 Å². The first-order valence-corrected chi connectivity index (χ1v) is 11.7. The highest BCUT2D eigenvalue weighted by molar-refractivity contribution is 6.05. The highest BCUT2D eigenvalue weighted by atomic mass is 16.6. The third-order valence-corrected chi connectivity index (χ3v) is 5.31. The molecule has 0 saturated heterocycles. The Morgan fingerprint density at radius 1 is 1.09 bits per heavy atom. The van der Waals surface area contributed by atoms with Crippen molar-refractivity contribution in [2.45, 2.75) is 61.0 Å². The lowest BCUT2D eigenvalue weighted by Gasteiger charge is -2.23. The maximum absolute atomic E-state index is 13.1. The molecule has 0 aliphatic carbocycles. The molecule has 6 nitrogen and oxygen atoms in total. The number of benzene rings is 2. The van der Waals surface area contributed by atoms with Crippen molar-refractivity contribution in [3.05, 3.63) is 46.5 Å². The van der Waals surface area contributed by atoms with E-state index in [0.29, 0.717) is 42.6 Å². The molecule has 0 saturated carbocycles. The Kier molecular flexibility index (Phi) is 8.01. The van der Waals surface area contributed by atoms with Crippen LogP contribution in [-0.2, 0) is 11.3 Å². The fraction of sp³-hybridized carbons (Fsp3) is 0.481. The van der Waals surface area contributed by atoms with Crippen molar-refractivity contribution in [1.29, 1.82) is 0 Å². The summed E-state index contributed by atoms with van der Waals surface area (Å²) in [6.07, 6.45) is 1.26. The highest BCUT2D eigenvalue weighted by Crippen LogP contribution is 2.43. The average molecular weight is 455 g/mol. The number of ether oxygens (including phenoxy) is 4. The third-order valence-electron chi connectivity index (χ3n) is 5.31. The van der Waals surface area contributed by atoms with Crippen LogP contribution >= 0.6 is 0 Å². The summed E-state index contributed by atoms with van der Waals surface area (Å²) >= 11 is 0. The van der Waals surface area contributed by atoms with Gasteiger partial charge in [0.15, 0.2) is 17.3 Å². The molecule has 0 N–H and O–H groups in total. The van der Waals surface area contributed by atoms with Crippen LogP contribution < -0.4 is 14.2 Å². The number of ketones is 1. The van der Waals surface area contributed by atoms with Gasteiger partial charge < -0.3 is 18.9 Å². The zero-order chi connectivity index (χ0) is 24.1. The lowest BCUT2D eigenvalue weighted by atomic mass is 9.97. The average Bonchev–Trinajstić information content (AvgIpc) is 2.72. The molecule has 0 atom stereocenters. The molecule has 6 heteroatoms. The summed E-state index contributed by atoms with van der Waals surface area (Å²) in [6, 6.07) is 7.15. The smallest absolute Gasteiger partial charge is 0.346 e. The van der Waals surface area contributed by atoms with Gasteiger partial charge in [-0.3, -0.25) is 4.79 Å². The topological polar surface area (TPSA) is 71.1 Å². The fourth-order valence-corrected chi connectivity index (χ4v) is 3.71. The van der Waals surface area contributed by atoms with E-state index < -0.39 is 5.97 Å².